The quantitative estimate of drug-likeness (QED) is 0.607. The number of hydrogen-bond acceptors (Lipinski definition) is 6. The Morgan fingerprint density at radius 3 is 2.92 bits per heavy atom. The Hall–Kier alpha value is -3.29. The zero-order valence-corrected chi connectivity index (χ0v) is 13.2. The highest BCUT2D eigenvalue weighted by atomic mass is 15.3. The van der Waals surface area contributed by atoms with Crippen LogP contribution >= 0.6 is 0 Å². The number of nitrogens with zero attached hydrogens (tertiary/aromatic N) is 7. The molecule has 8 heteroatoms. The van der Waals surface area contributed by atoms with Gasteiger partial charge in [0.1, 0.15) is 6.33 Å². The molecule has 8 nitrogen and oxygen atoms in total. The van der Waals surface area contributed by atoms with Crippen molar-refractivity contribution in [1.29, 1.82) is 0 Å². The van der Waals surface area contributed by atoms with Crippen LogP contribution in [0.1, 0.15) is 12.6 Å². The second kappa shape index (κ2) is 6.07. The Morgan fingerprint density at radius 1 is 1.12 bits per heavy atom. The summed E-state index contributed by atoms with van der Waals surface area (Å²) in [6.45, 7) is 3.49. The van der Waals surface area contributed by atoms with Crippen molar-refractivity contribution in [2.45, 2.75) is 20.0 Å². The molecule has 0 radical (unpaired) electrons. The van der Waals surface area contributed by atoms with Gasteiger partial charge in [0.05, 0.1) is 30.5 Å². The molecule has 4 aromatic rings. The lowest BCUT2D eigenvalue weighted by Crippen LogP contribution is -2.01. The molecular weight excluding hydrogens is 304 g/mol. The van der Waals surface area contributed by atoms with Crippen molar-refractivity contribution >= 4 is 22.7 Å². The van der Waals surface area contributed by atoms with Crippen molar-refractivity contribution in [3.05, 3.63) is 55.1 Å². The number of fused-ring (bicyclic) bond motifs is 1. The van der Waals surface area contributed by atoms with E-state index in [4.69, 9.17) is 0 Å². The highest BCUT2D eigenvalue weighted by Gasteiger charge is 2.10. The van der Waals surface area contributed by atoms with E-state index in [2.05, 4.69) is 37.3 Å². The first-order chi connectivity index (χ1) is 11.8. The topological polar surface area (TPSA) is 86.3 Å². The lowest BCUT2D eigenvalue weighted by molar-refractivity contribution is 0.673. The van der Waals surface area contributed by atoms with E-state index < -0.39 is 0 Å². The number of aryl methyl sites for hydroxylation is 1. The SMILES string of the molecule is CCn1cnc2c(Nc3cnn(Cc4ccccn4)c3)ncnc21. The van der Waals surface area contributed by atoms with E-state index in [0.717, 1.165) is 29.1 Å². The largest absolute Gasteiger partial charge is 0.336 e. The van der Waals surface area contributed by atoms with Crippen LogP contribution in [0.15, 0.2) is 49.4 Å². The van der Waals surface area contributed by atoms with Crippen LogP contribution < -0.4 is 5.32 Å². The summed E-state index contributed by atoms with van der Waals surface area (Å²) < 4.78 is 3.81. The fraction of sp³-hybridized carbons (Fsp3) is 0.188. The molecule has 24 heavy (non-hydrogen) atoms. The van der Waals surface area contributed by atoms with Crippen LogP contribution in [0.5, 0.6) is 0 Å². The molecule has 0 spiro atoms. The summed E-state index contributed by atoms with van der Waals surface area (Å²) in [5.41, 5.74) is 3.36. The number of aromatic nitrogens is 7. The minimum absolute atomic E-state index is 0.617. The van der Waals surface area contributed by atoms with Gasteiger partial charge in [-0.3, -0.25) is 9.67 Å². The van der Waals surface area contributed by atoms with E-state index in [9.17, 15) is 0 Å². The van der Waals surface area contributed by atoms with Gasteiger partial charge in [-0.15, -0.1) is 0 Å². The maximum Gasteiger partial charge on any atom is 0.165 e. The number of rotatable bonds is 5. The normalized spacial score (nSPS) is 11.0. The average Bonchev–Trinajstić information content (AvgIpc) is 3.23. The maximum absolute atomic E-state index is 4.40. The molecule has 4 heterocycles. The molecule has 0 saturated carbocycles. The predicted octanol–water partition coefficient (Wildman–Crippen LogP) is 2.23. The van der Waals surface area contributed by atoms with E-state index in [1.807, 2.05) is 33.6 Å². The third kappa shape index (κ3) is 2.69. The van der Waals surface area contributed by atoms with Gasteiger partial charge in [-0.2, -0.15) is 5.10 Å². The van der Waals surface area contributed by atoms with Gasteiger partial charge in [0.25, 0.3) is 0 Å². The molecule has 0 fully saturated rings. The fourth-order valence-corrected chi connectivity index (χ4v) is 2.51. The molecule has 0 aromatic carbocycles. The summed E-state index contributed by atoms with van der Waals surface area (Å²) in [5.74, 6) is 0.671. The monoisotopic (exact) mass is 320 g/mol. The third-order valence-corrected chi connectivity index (χ3v) is 3.69. The molecule has 0 aliphatic rings. The van der Waals surface area contributed by atoms with E-state index in [1.54, 1.807) is 18.7 Å². The minimum atomic E-state index is 0.617. The molecule has 0 aliphatic carbocycles. The maximum atomic E-state index is 4.40. The van der Waals surface area contributed by atoms with Crippen molar-refractivity contribution in [2.75, 3.05) is 5.32 Å². The summed E-state index contributed by atoms with van der Waals surface area (Å²) in [4.78, 5) is 17.3. The first kappa shape index (κ1) is 14.3. The lowest BCUT2D eigenvalue weighted by atomic mass is 10.3. The molecule has 1 N–H and O–H groups in total. The van der Waals surface area contributed by atoms with Crippen LogP contribution in [-0.4, -0.2) is 34.3 Å². The van der Waals surface area contributed by atoms with Crippen LogP contribution in [0.4, 0.5) is 11.5 Å². The Balaban J connectivity index is 1.57. The van der Waals surface area contributed by atoms with E-state index >= 15 is 0 Å². The Morgan fingerprint density at radius 2 is 2.08 bits per heavy atom. The summed E-state index contributed by atoms with van der Waals surface area (Å²) in [7, 11) is 0. The summed E-state index contributed by atoms with van der Waals surface area (Å²) in [6, 6.07) is 5.84. The molecule has 0 bridgehead atoms. The first-order valence-electron chi connectivity index (χ1n) is 7.68. The highest BCUT2D eigenvalue weighted by molar-refractivity contribution is 5.84. The number of imidazole rings is 1. The molecule has 0 saturated heterocycles. The van der Waals surface area contributed by atoms with Gasteiger partial charge < -0.3 is 9.88 Å². The van der Waals surface area contributed by atoms with E-state index in [1.165, 1.54) is 6.33 Å². The van der Waals surface area contributed by atoms with Crippen LogP contribution in [0.25, 0.3) is 11.2 Å². The highest BCUT2D eigenvalue weighted by Crippen LogP contribution is 2.21. The second-order valence-electron chi connectivity index (χ2n) is 5.30. The zero-order valence-electron chi connectivity index (χ0n) is 13.2. The van der Waals surface area contributed by atoms with Gasteiger partial charge in [-0.25, -0.2) is 15.0 Å². The minimum Gasteiger partial charge on any atom is -0.336 e. The number of hydrogen-bond donors (Lipinski definition) is 1. The van der Waals surface area contributed by atoms with E-state index in [-0.39, 0.29) is 0 Å². The first-order valence-corrected chi connectivity index (χ1v) is 7.68. The van der Waals surface area contributed by atoms with Crippen molar-refractivity contribution in [3.63, 3.8) is 0 Å². The number of pyridine rings is 1. The van der Waals surface area contributed by atoms with Gasteiger partial charge in [0, 0.05) is 18.9 Å². The molecule has 0 amide bonds. The second-order valence-corrected chi connectivity index (χ2v) is 5.30. The third-order valence-electron chi connectivity index (χ3n) is 3.69. The lowest BCUT2D eigenvalue weighted by Gasteiger charge is -2.03. The predicted molar refractivity (Wildman–Crippen MR) is 89.8 cm³/mol. The molecule has 4 aromatic heterocycles. The molecule has 4 rings (SSSR count). The van der Waals surface area contributed by atoms with Gasteiger partial charge >= 0.3 is 0 Å². The molecular formula is C16H16N8. The number of anilines is 2. The molecule has 0 aliphatic heterocycles. The Kier molecular flexibility index (Phi) is 3.62. The number of nitrogens with one attached hydrogen (secondary N) is 1. The summed E-state index contributed by atoms with van der Waals surface area (Å²) in [5, 5.41) is 7.61. The summed E-state index contributed by atoms with van der Waals surface area (Å²) in [6.07, 6.45) is 8.76. The Labute approximate surface area is 138 Å². The van der Waals surface area contributed by atoms with E-state index in [0.29, 0.717) is 12.4 Å². The van der Waals surface area contributed by atoms with Crippen LogP contribution in [-0.2, 0) is 13.1 Å². The standard InChI is InChI=1S/C16H16N8/c1-2-23-11-20-14-15(18-10-19-16(14)23)22-13-7-21-24(9-13)8-12-5-3-4-6-17-12/h3-7,9-11H,2,8H2,1H3,(H,18,19,22). The van der Waals surface area contributed by atoms with Crippen molar-refractivity contribution < 1.29 is 0 Å². The van der Waals surface area contributed by atoms with Crippen LogP contribution in [0.3, 0.4) is 0 Å². The molecule has 0 unspecified atom stereocenters. The van der Waals surface area contributed by atoms with Gasteiger partial charge in [-0.1, -0.05) is 6.07 Å². The Bertz CT molecular complexity index is 957. The van der Waals surface area contributed by atoms with Gasteiger partial charge in [0.2, 0.25) is 0 Å². The van der Waals surface area contributed by atoms with Crippen molar-refractivity contribution in [3.8, 4) is 0 Å². The average molecular weight is 320 g/mol. The van der Waals surface area contributed by atoms with Crippen LogP contribution in [0.2, 0.25) is 0 Å². The fourth-order valence-electron chi connectivity index (χ4n) is 2.51. The van der Waals surface area contributed by atoms with Crippen molar-refractivity contribution in [2.24, 2.45) is 0 Å². The van der Waals surface area contributed by atoms with Gasteiger partial charge in [0.15, 0.2) is 17.0 Å². The zero-order chi connectivity index (χ0) is 16.4. The molecule has 120 valence electrons. The van der Waals surface area contributed by atoms with Crippen molar-refractivity contribution in [1.82, 2.24) is 34.3 Å². The smallest absolute Gasteiger partial charge is 0.165 e. The van der Waals surface area contributed by atoms with Crippen LogP contribution in [0, 0.1) is 0 Å². The summed E-state index contributed by atoms with van der Waals surface area (Å²) >= 11 is 0. The molecule has 0 atom stereocenters. The van der Waals surface area contributed by atoms with Gasteiger partial charge in [-0.05, 0) is 19.1 Å².